The maximum Gasteiger partial charge on any atom is 0.303 e. The second-order valence-corrected chi connectivity index (χ2v) is 6.73. The van der Waals surface area contributed by atoms with Gasteiger partial charge in [0.15, 0.2) is 0 Å². The van der Waals surface area contributed by atoms with Crippen molar-refractivity contribution in [3.05, 3.63) is 35.4 Å². The summed E-state index contributed by atoms with van der Waals surface area (Å²) in [6.45, 7) is 4.26. The maximum atomic E-state index is 10.7. The molecule has 110 valence electrons. The lowest BCUT2D eigenvalue weighted by atomic mass is 9.78. The smallest absolute Gasteiger partial charge is 0.303 e. The predicted octanol–water partition coefficient (Wildman–Crippen LogP) is 4.88. The summed E-state index contributed by atoms with van der Waals surface area (Å²) in [5, 5.41) is 8.84. The number of hydrogen-bond donors (Lipinski definition) is 1. The van der Waals surface area contributed by atoms with E-state index in [0.717, 1.165) is 5.92 Å². The van der Waals surface area contributed by atoms with Crippen LogP contribution in [0.25, 0.3) is 0 Å². The fourth-order valence-corrected chi connectivity index (χ4v) is 3.21. The predicted molar refractivity (Wildman–Crippen MR) is 82.2 cm³/mol. The molecule has 0 aromatic heterocycles. The van der Waals surface area contributed by atoms with Gasteiger partial charge in [-0.1, -0.05) is 57.4 Å². The molecule has 1 aromatic carbocycles. The van der Waals surface area contributed by atoms with E-state index >= 15 is 0 Å². The topological polar surface area (TPSA) is 37.3 Å². The highest BCUT2D eigenvalue weighted by Gasteiger charge is 2.22. The van der Waals surface area contributed by atoms with Crippen LogP contribution in [0, 0.1) is 0 Å². The van der Waals surface area contributed by atoms with Gasteiger partial charge in [0, 0.05) is 6.42 Å². The molecule has 0 aliphatic heterocycles. The molecule has 2 heteroatoms. The molecule has 0 atom stereocenters. The van der Waals surface area contributed by atoms with Gasteiger partial charge in [-0.25, -0.2) is 0 Å². The highest BCUT2D eigenvalue weighted by molar-refractivity contribution is 5.66. The molecule has 20 heavy (non-hydrogen) atoms. The van der Waals surface area contributed by atoms with Crippen LogP contribution in [0.3, 0.4) is 0 Å². The molecule has 2 nitrogen and oxygen atoms in total. The molecule has 0 unspecified atom stereocenters. The summed E-state index contributed by atoms with van der Waals surface area (Å²) in [6, 6.07) is 8.92. The summed E-state index contributed by atoms with van der Waals surface area (Å²) in [4.78, 5) is 10.7. The van der Waals surface area contributed by atoms with E-state index in [9.17, 15) is 4.79 Å². The fraction of sp³-hybridized carbons (Fsp3) is 0.611. The SMILES string of the molecule is CC(C)(CCC(=O)O)c1ccc(C2CCCCC2)cc1. The first-order chi connectivity index (χ1) is 9.49. The third-order valence-electron chi connectivity index (χ3n) is 4.73. The Morgan fingerprint density at radius 1 is 1.15 bits per heavy atom. The van der Waals surface area contributed by atoms with Gasteiger partial charge in [-0.05, 0) is 41.7 Å². The summed E-state index contributed by atoms with van der Waals surface area (Å²) >= 11 is 0. The van der Waals surface area contributed by atoms with Gasteiger partial charge in [-0.15, -0.1) is 0 Å². The number of carboxylic acids is 1. The van der Waals surface area contributed by atoms with Gasteiger partial charge >= 0.3 is 5.97 Å². The zero-order valence-corrected chi connectivity index (χ0v) is 12.7. The van der Waals surface area contributed by atoms with Crippen LogP contribution in [-0.4, -0.2) is 11.1 Å². The Morgan fingerprint density at radius 3 is 2.30 bits per heavy atom. The highest BCUT2D eigenvalue weighted by Crippen LogP contribution is 2.34. The van der Waals surface area contributed by atoms with E-state index in [4.69, 9.17) is 5.11 Å². The minimum Gasteiger partial charge on any atom is -0.481 e. The molecule has 0 radical (unpaired) electrons. The third-order valence-corrected chi connectivity index (χ3v) is 4.73. The summed E-state index contributed by atoms with van der Waals surface area (Å²) in [6.07, 6.45) is 7.66. The van der Waals surface area contributed by atoms with E-state index in [1.54, 1.807) is 0 Å². The zero-order valence-electron chi connectivity index (χ0n) is 12.7. The molecule has 0 amide bonds. The van der Waals surface area contributed by atoms with Gasteiger partial charge < -0.3 is 5.11 Å². The number of benzene rings is 1. The minimum absolute atomic E-state index is 0.0660. The highest BCUT2D eigenvalue weighted by atomic mass is 16.4. The third kappa shape index (κ3) is 3.84. The van der Waals surface area contributed by atoms with Crippen LogP contribution in [0.2, 0.25) is 0 Å². The molecule has 0 saturated heterocycles. The molecular formula is C18H26O2. The van der Waals surface area contributed by atoms with Crippen molar-refractivity contribution >= 4 is 5.97 Å². The molecule has 2 rings (SSSR count). The standard InChI is InChI=1S/C18H26O2/c1-18(2,13-12-17(19)20)16-10-8-15(9-11-16)14-6-4-3-5-7-14/h8-11,14H,3-7,12-13H2,1-2H3,(H,19,20). The second kappa shape index (κ2) is 6.43. The van der Waals surface area contributed by atoms with E-state index in [0.29, 0.717) is 6.42 Å². The Labute approximate surface area is 122 Å². The van der Waals surface area contributed by atoms with Gasteiger partial charge in [0.2, 0.25) is 0 Å². The van der Waals surface area contributed by atoms with Gasteiger partial charge in [0.1, 0.15) is 0 Å². The van der Waals surface area contributed by atoms with Crippen LogP contribution < -0.4 is 0 Å². The lowest BCUT2D eigenvalue weighted by molar-refractivity contribution is -0.137. The molecule has 0 spiro atoms. The molecular weight excluding hydrogens is 248 g/mol. The summed E-state index contributed by atoms with van der Waals surface area (Å²) in [5.41, 5.74) is 2.64. The van der Waals surface area contributed by atoms with Crippen LogP contribution in [0.4, 0.5) is 0 Å². The van der Waals surface area contributed by atoms with Gasteiger partial charge in [-0.2, -0.15) is 0 Å². The van der Waals surface area contributed by atoms with Crippen molar-refractivity contribution in [3.8, 4) is 0 Å². The molecule has 0 heterocycles. The monoisotopic (exact) mass is 274 g/mol. The van der Waals surface area contributed by atoms with E-state index < -0.39 is 5.97 Å². The summed E-state index contributed by atoms with van der Waals surface area (Å²) in [7, 11) is 0. The molecule has 1 aromatic rings. The summed E-state index contributed by atoms with van der Waals surface area (Å²) < 4.78 is 0. The zero-order chi connectivity index (χ0) is 14.6. The Kier molecular flexibility index (Phi) is 4.85. The number of carboxylic acid groups (broad SMARTS) is 1. The lowest BCUT2D eigenvalue weighted by Gasteiger charge is -2.26. The van der Waals surface area contributed by atoms with Crippen molar-refractivity contribution in [1.82, 2.24) is 0 Å². The first-order valence-electron chi connectivity index (χ1n) is 7.81. The number of rotatable bonds is 5. The van der Waals surface area contributed by atoms with Crippen molar-refractivity contribution in [2.75, 3.05) is 0 Å². The van der Waals surface area contributed by atoms with Crippen LogP contribution in [0.1, 0.15) is 75.8 Å². The van der Waals surface area contributed by atoms with Gasteiger partial charge in [0.05, 0.1) is 0 Å². The van der Waals surface area contributed by atoms with Crippen LogP contribution in [-0.2, 0) is 10.2 Å². The average molecular weight is 274 g/mol. The molecule has 1 aliphatic rings. The minimum atomic E-state index is -0.711. The lowest BCUT2D eigenvalue weighted by Crippen LogP contribution is -2.18. The van der Waals surface area contributed by atoms with E-state index in [1.807, 2.05) is 0 Å². The van der Waals surface area contributed by atoms with Crippen LogP contribution >= 0.6 is 0 Å². The molecule has 1 fully saturated rings. The normalized spacial score (nSPS) is 17.1. The Morgan fingerprint density at radius 2 is 1.75 bits per heavy atom. The van der Waals surface area contributed by atoms with Crippen molar-refractivity contribution < 1.29 is 9.90 Å². The average Bonchev–Trinajstić information content (AvgIpc) is 2.46. The Hall–Kier alpha value is -1.31. The van der Waals surface area contributed by atoms with E-state index in [1.165, 1.54) is 43.2 Å². The number of aliphatic carboxylic acids is 1. The van der Waals surface area contributed by atoms with Crippen molar-refractivity contribution in [1.29, 1.82) is 0 Å². The van der Waals surface area contributed by atoms with Crippen LogP contribution in [0.5, 0.6) is 0 Å². The first-order valence-corrected chi connectivity index (χ1v) is 7.81. The van der Waals surface area contributed by atoms with Gasteiger partial charge in [-0.3, -0.25) is 4.79 Å². The van der Waals surface area contributed by atoms with Gasteiger partial charge in [0.25, 0.3) is 0 Å². The van der Waals surface area contributed by atoms with Crippen molar-refractivity contribution in [2.45, 2.75) is 70.1 Å². The molecule has 1 saturated carbocycles. The Balaban J connectivity index is 2.04. The maximum absolute atomic E-state index is 10.7. The number of carbonyl (C=O) groups is 1. The van der Waals surface area contributed by atoms with E-state index in [-0.39, 0.29) is 11.8 Å². The van der Waals surface area contributed by atoms with Crippen LogP contribution in [0.15, 0.2) is 24.3 Å². The van der Waals surface area contributed by atoms with Crippen molar-refractivity contribution in [3.63, 3.8) is 0 Å². The second-order valence-electron chi connectivity index (χ2n) is 6.73. The largest absolute Gasteiger partial charge is 0.481 e. The molecule has 0 bridgehead atoms. The number of hydrogen-bond acceptors (Lipinski definition) is 1. The first kappa shape index (κ1) is 15.1. The van der Waals surface area contributed by atoms with Crippen molar-refractivity contribution in [2.24, 2.45) is 0 Å². The Bertz CT molecular complexity index is 439. The summed E-state index contributed by atoms with van der Waals surface area (Å²) in [5.74, 6) is 0.0248. The fourth-order valence-electron chi connectivity index (χ4n) is 3.21. The quantitative estimate of drug-likeness (QED) is 0.831. The van der Waals surface area contributed by atoms with E-state index in [2.05, 4.69) is 38.1 Å². The molecule has 1 N–H and O–H groups in total. The molecule has 1 aliphatic carbocycles.